The molecule has 2 aliphatic heterocycles. The molecule has 10 heteroatoms. The van der Waals surface area contributed by atoms with Gasteiger partial charge in [-0.1, -0.05) is 207 Å². The Morgan fingerprint density at radius 3 is 1.18 bits per heavy atom. The molecule has 106 heavy (non-hydrogen) atoms. The molecule has 7 aromatic heterocycles. The van der Waals surface area contributed by atoms with Gasteiger partial charge in [-0.05, 0) is 187 Å². The first-order chi connectivity index (χ1) is 50.7. The number of hydrogen-bond donors (Lipinski definition) is 0. The summed E-state index contributed by atoms with van der Waals surface area (Å²) in [5, 5.41) is 11.4. The Balaban J connectivity index is 0.818. The molecular weight excluding hydrogens is 1300 g/mol. The van der Waals surface area contributed by atoms with Crippen molar-refractivity contribution in [2.24, 2.45) is 0 Å². The van der Waals surface area contributed by atoms with Crippen molar-refractivity contribution in [3.63, 3.8) is 0 Å². The highest BCUT2D eigenvalue weighted by Gasteiger charge is 2.42. The third kappa shape index (κ3) is 9.68. The molecule has 9 heterocycles. The van der Waals surface area contributed by atoms with Gasteiger partial charge in [-0.15, -0.1) is 0 Å². The van der Waals surface area contributed by atoms with Crippen LogP contribution in [0.2, 0.25) is 0 Å². The summed E-state index contributed by atoms with van der Waals surface area (Å²) in [6, 6.07) is 82.6. The van der Waals surface area contributed by atoms with Crippen molar-refractivity contribution >= 4 is 132 Å². The van der Waals surface area contributed by atoms with Gasteiger partial charge < -0.3 is 22.9 Å². The lowest BCUT2D eigenvalue weighted by atomic mass is 9.34. The van der Waals surface area contributed by atoms with Crippen LogP contribution in [0.4, 0.5) is 0 Å². The first-order valence-corrected chi connectivity index (χ1v) is 37.4. The second kappa shape index (κ2) is 22.0. The Bertz CT molecular complexity index is 6780. The van der Waals surface area contributed by atoms with Crippen molar-refractivity contribution < 1.29 is 18.3 Å². The largest absolute Gasteiger partial charge is 0.458 e. The molecule has 0 saturated heterocycles. The number of rotatable bonds is 5. The van der Waals surface area contributed by atoms with Crippen LogP contribution in [0.5, 0.6) is 23.0 Å². The number of benzene rings is 11. The first kappa shape index (κ1) is 64.0. The summed E-state index contributed by atoms with van der Waals surface area (Å²) in [6.45, 7) is 34.0. The van der Waals surface area contributed by atoms with E-state index in [1.165, 1.54) is 33.0 Å². The Kier molecular flexibility index (Phi) is 13.3. The summed E-state index contributed by atoms with van der Waals surface area (Å²) >= 11 is 0. The normalized spacial score (nSPS) is 13.6. The molecule has 0 atom stereocenters. The molecule has 20 rings (SSSR count). The Morgan fingerprint density at radius 1 is 0.283 bits per heavy atom. The quantitative estimate of drug-likeness (QED) is 0.160. The van der Waals surface area contributed by atoms with Gasteiger partial charge in [0, 0.05) is 71.0 Å². The zero-order valence-electron chi connectivity index (χ0n) is 62.8. The molecule has 518 valence electrons. The molecule has 0 N–H and O–H groups in total. The van der Waals surface area contributed by atoms with Crippen LogP contribution in [0.15, 0.2) is 233 Å². The molecule has 0 aliphatic carbocycles. The van der Waals surface area contributed by atoms with Crippen LogP contribution < -0.4 is 25.9 Å². The van der Waals surface area contributed by atoms with Gasteiger partial charge in [-0.25, -0.2) is 9.97 Å². The van der Waals surface area contributed by atoms with E-state index in [2.05, 4.69) is 336 Å². The van der Waals surface area contributed by atoms with Gasteiger partial charge in [0.25, 0.3) is 6.71 Å². The Morgan fingerprint density at radius 2 is 0.708 bits per heavy atom. The number of aromatic nitrogens is 5. The minimum Gasteiger partial charge on any atom is -0.458 e. The molecular formula is C96H82BN5O4. The minimum atomic E-state index is -0.304. The maximum atomic E-state index is 7.28. The summed E-state index contributed by atoms with van der Waals surface area (Å²) in [7, 11) is 0. The summed E-state index contributed by atoms with van der Waals surface area (Å²) in [6.07, 6.45) is 0. The van der Waals surface area contributed by atoms with E-state index in [0.29, 0.717) is 0 Å². The number of ether oxygens (including phenoxy) is 2. The first-order valence-electron chi connectivity index (χ1n) is 37.4. The Labute approximate surface area is 616 Å². The van der Waals surface area contributed by atoms with Gasteiger partial charge in [0.15, 0.2) is 0 Å². The zero-order valence-corrected chi connectivity index (χ0v) is 62.8. The lowest BCUT2D eigenvalue weighted by Crippen LogP contribution is -2.57. The van der Waals surface area contributed by atoms with Gasteiger partial charge in [0.05, 0.1) is 50.2 Å². The maximum absolute atomic E-state index is 7.28. The van der Waals surface area contributed by atoms with E-state index >= 15 is 0 Å². The summed E-state index contributed by atoms with van der Waals surface area (Å²) < 4.78 is 35.0. The van der Waals surface area contributed by atoms with Crippen LogP contribution in [0.1, 0.15) is 132 Å². The highest BCUT2D eigenvalue weighted by Crippen LogP contribution is 2.48. The van der Waals surface area contributed by atoms with Crippen LogP contribution in [0.3, 0.4) is 0 Å². The van der Waals surface area contributed by atoms with Crippen LogP contribution in [-0.2, 0) is 27.1 Å². The molecule has 2 aliphatic rings. The molecule has 0 bridgehead atoms. The van der Waals surface area contributed by atoms with Crippen LogP contribution in [-0.4, -0.2) is 30.4 Å². The SMILES string of the molecule is CC(C)(C)c1cc2c3c(c1)Oc1ccc(-c4cc(-n5c6cc(C(C)(C)C)ccc6c6ccc(C(C)(C)C)cc65)cc(-n5c6cc(C(C)(C)C)ccc6c6c7c(ccc65)oc5ccccc57)n4)cc1B3c1cc(-c3cccc(-n4c5cc(C(C)(C)C)ccc5c5c6c(ccc54)oc4ccccc46)n3)ccc1O2. The fraction of sp³-hybridized carbons (Fsp3) is 0.208. The van der Waals surface area contributed by atoms with Crippen molar-refractivity contribution in [2.45, 2.75) is 131 Å². The molecule has 0 fully saturated rings. The molecule has 0 unspecified atom stereocenters. The summed E-state index contributed by atoms with van der Waals surface area (Å²) in [5.41, 5.74) is 23.1. The predicted molar refractivity (Wildman–Crippen MR) is 442 cm³/mol. The summed E-state index contributed by atoms with van der Waals surface area (Å²) in [4.78, 5) is 11.7. The molecule has 0 spiro atoms. The number of furan rings is 2. The topological polar surface area (TPSA) is 85.3 Å². The van der Waals surface area contributed by atoms with E-state index < -0.39 is 0 Å². The monoisotopic (exact) mass is 1380 g/mol. The average Bonchev–Trinajstić information content (AvgIpc) is 1.04. The van der Waals surface area contributed by atoms with Crippen LogP contribution in [0.25, 0.3) is 149 Å². The van der Waals surface area contributed by atoms with E-state index in [0.717, 1.165) is 183 Å². The van der Waals surface area contributed by atoms with Gasteiger partial charge in [0.2, 0.25) is 0 Å². The number of nitrogens with zero attached hydrogens (tertiary/aromatic N) is 5. The third-order valence-corrected chi connectivity index (χ3v) is 23.0. The molecule has 9 nitrogen and oxygen atoms in total. The molecule has 0 radical (unpaired) electrons. The van der Waals surface area contributed by atoms with E-state index in [1.54, 1.807) is 0 Å². The lowest BCUT2D eigenvalue weighted by molar-refractivity contribution is 0.458. The van der Waals surface area contributed by atoms with Crippen molar-refractivity contribution in [2.75, 3.05) is 0 Å². The highest BCUT2D eigenvalue weighted by atomic mass is 16.5. The smallest absolute Gasteiger partial charge is 0.260 e. The number of pyridine rings is 2. The van der Waals surface area contributed by atoms with Gasteiger partial charge in [0.1, 0.15) is 57.0 Å². The minimum absolute atomic E-state index is 0.0936. The molecule has 0 amide bonds. The highest BCUT2D eigenvalue weighted by molar-refractivity contribution is 6.98. The second-order valence-electron chi connectivity index (χ2n) is 35.0. The van der Waals surface area contributed by atoms with Crippen LogP contribution >= 0.6 is 0 Å². The standard InChI is InChI=1S/C96H82BN5O4/c1-92(2,3)55-29-33-61-62-34-30-56(93(4,5)6)46-74(62)100(73(61)45-55)60-51-70(99-86(52-60)102-72-38-42-82-90(66-22-17-19-25-78(66)104-82)88(72)64-36-32-58(48-76(64)102)95(10,11)12)54-28-40-80-68(44-54)97-67-43-53(27-39-79(67)105-83-49-59(96(13,14)15)50-84(106-80)91(83)97)69-23-20-26-85(98-69)101-71-37-41-81-89(65-21-16-18-24-77(65)103-81)87(71)63-35-31-57(47-75(63)101)94(7,8)9/h16-52H,1-15H3. The van der Waals surface area contributed by atoms with Crippen molar-refractivity contribution in [3.05, 3.63) is 252 Å². The number of hydrogen-bond acceptors (Lipinski definition) is 6. The summed E-state index contributed by atoms with van der Waals surface area (Å²) in [5.74, 6) is 4.79. The average molecular weight is 1380 g/mol. The van der Waals surface area contributed by atoms with E-state index in [4.69, 9.17) is 28.3 Å². The van der Waals surface area contributed by atoms with Crippen molar-refractivity contribution in [3.8, 4) is 62.8 Å². The lowest BCUT2D eigenvalue weighted by Gasteiger charge is -2.35. The van der Waals surface area contributed by atoms with Gasteiger partial charge in [-0.3, -0.25) is 9.13 Å². The Hall–Kier alpha value is -11.6. The third-order valence-electron chi connectivity index (χ3n) is 23.0. The fourth-order valence-electron chi connectivity index (χ4n) is 17.2. The fourth-order valence-corrected chi connectivity index (χ4v) is 17.2. The zero-order chi connectivity index (χ0) is 72.7. The van der Waals surface area contributed by atoms with Crippen molar-refractivity contribution in [1.29, 1.82) is 0 Å². The van der Waals surface area contributed by atoms with E-state index in [9.17, 15) is 0 Å². The maximum Gasteiger partial charge on any atom is 0.260 e. The van der Waals surface area contributed by atoms with Gasteiger partial charge in [-0.2, -0.15) is 0 Å². The van der Waals surface area contributed by atoms with Gasteiger partial charge >= 0.3 is 0 Å². The number of fused-ring (bicyclic) bond motifs is 21. The molecule has 11 aromatic carbocycles. The van der Waals surface area contributed by atoms with E-state index in [-0.39, 0.29) is 33.8 Å². The molecule has 0 saturated carbocycles. The second-order valence-corrected chi connectivity index (χ2v) is 35.0. The molecule has 18 aromatic rings. The van der Waals surface area contributed by atoms with E-state index in [1.807, 2.05) is 6.07 Å². The predicted octanol–water partition coefficient (Wildman–Crippen LogP) is 24.1. The number of para-hydroxylation sites is 2. The van der Waals surface area contributed by atoms with Crippen LogP contribution in [0, 0.1) is 0 Å². The van der Waals surface area contributed by atoms with Crippen molar-refractivity contribution in [1.82, 2.24) is 23.7 Å².